The van der Waals surface area contributed by atoms with Crippen LogP contribution in [0.15, 0.2) is 23.3 Å². The molecule has 2 heterocycles. The zero-order valence-electron chi connectivity index (χ0n) is 17.6. The summed E-state index contributed by atoms with van der Waals surface area (Å²) in [6.07, 6.45) is 19.3. The lowest BCUT2D eigenvalue weighted by molar-refractivity contribution is -0.132. The molecule has 0 N–H and O–H groups in total. The number of rotatable bonds is 6. The summed E-state index contributed by atoms with van der Waals surface area (Å²) in [5.74, 6) is 0.677. The first-order valence-corrected chi connectivity index (χ1v) is 11.6. The largest absolute Gasteiger partial charge is 0.343 e. The molecule has 0 saturated carbocycles. The Hall–Kier alpha value is -1.58. The first-order valence-electron chi connectivity index (χ1n) is 11.6. The molecule has 28 heavy (non-hydrogen) atoms. The highest BCUT2D eigenvalue weighted by atomic mass is 16.2. The summed E-state index contributed by atoms with van der Waals surface area (Å²) >= 11 is 0. The molecule has 2 aliphatic heterocycles. The molecular weight excluding hydrogens is 348 g/mol. The maximum absolute atomic E-state index is 12.4. The third-order valence-electron chi connectivity index (χ3n) is 6.54. The highest BCUT2D eigenvalue weighted by molar-refractivity contribution is 5.77. The summed E-state index contributed by atoms with van der Waals surface area (Å²) in [7, 11) is 0. The molecule has 1 aliphatic carbocycles. The van der Waals surface area contributed by atoms with E-state index in [0.717, 1.165) is 64.7 Å². The lowest BCUT2D eigenvalue weighted by Gasteiger charge is -2.27. The van der Waals surface area contributed by atoms with E-state index in [1.807, 2.05) is 0 Å². The van der Waals surface area contributed by atoms with Crippen molar-refractivity contribution in [3.8, 4) is 0 Å². The first kappa shape index (κ1) is 21.1. The van der Waals surface area contributed by atoms with Crippen LogP contribution in [-0.2, 0) is 9.59 Å². The minimum atomic E-state index is 0.338. The van der Waals surface area contributed by atoms with E-state index < -0.39 is 0 Å². The Kier molecular flexibility index (Phi) is 8.63. The summed E-state index contributed by atoms with van der Waals surface area (Å²) in [5.41, 5.74) is 2.89. The molecule has 4 nitrogen and oxygen atoms in total. The Labute approximate surface area is 171 Å². The Morgan fingerprint density at radius 3 is 1.43 bits per heavy atom. The van der Waals surface area contributed by atoms with Crippen LogP contribution in [0.5, 0.6) is 0 Å². The van der Waals surface area contributed by atoms with Crippen molar-refractivity contribution < 1.29 is 9.59 Å². The second-order valence-corrected chi connectivity index (χ2v) is 8.68. The number of piperidine rings is 2. The van der Waals surface area contributed by atoms with Crippen molar-refractivity contribution in [1.82, 2.24) is 9.80 Å². The lowest BCUT2D eigenvalue weighted by Crippen LogP contribution is -2.35. The summed E-state index contributed by atoms with van der Waals surface area (Å²) < 4.78 is 0. The fourth-order valence-corrected chi connectivity index (χ4v) is 4.69. The smallest absolute Gasteiger partial charge is 0.222 e. The molecule has 0 aromatic heterocycles. The highest BCUT2D eigenvalue weighted by Gasteiger charge is 2.18. The van der Waals surface area contributed by atoms with Crippen LogP contribution in [0, 0.1) is 0 Å². The van der Waals surface area contributed by atoms with Crippen LogP contribution >= 0.6 is 0 Å². The van der Waals surface area contributed by atoms with Gasteiger partial charge in [-0.25, -0.2) is 0 Å². The van der Waals surface area contributed by atoms with Gasteiger partial charge >= 0.3 is 0 Å². The van der Waals surface area contributed by atoms with Crippen molar-refractivity contribution in [2.45, 2.75) is 89.9 Å². The number of nitrogens with zero attached hydrogens (tertiary/aromatic N) is 2. The fraction of sp³-hybridized carbons (Fsp3) is 0.750. The van der Waals surface area contributed by atoms with Gasteiger partial charge < -0.3 is 9.80 Å². The number of carbonyl (C=O) groups is 2. The second kappa shape index (κ2) is 11.4. The minimum Gasteiger partial charge on any atom is -0.343 e. The van der Waals surface area contributed by atoms with Gasteiger partial charge in [0, 0.05) is 39.0 Å². The summed E-state index contributed by atoms with van der Waals surface area (Å²) in [4.78, 5) is 29.0. The van der Waals surface area contributed by atoms with Gasteiger partial charge in [-0.3, -0.25) is 9.59 Å². The van der Waals surface area contributed by atoms with Crippen LogP contribution in [-0.4, -0.2) is 47.8 Å². The van der Waals surface area contributed by atoms with E-state index in [-0.39, 0.29) is 0 Å². The Morgan fingerprint density at radius 1 is 0.643 bits per heavy atom. The highest BCUT2D eigenvalue weighted by Crippen LogP contribution is 2.25. The first-order chi connectivity index (χ1) is 13.7. The van der Waals surface area contributed by atoms with E-state index in [4.69, 9.17) is 0 Å². The summed E-state index contributed by atoms with van der Waals surface area (Å²) in [5, 5.41) is 0. The van der Waals surface area contributed by atoms with Gasteiger partial charge in [-0.2, -0.15) is 0 Å². The molecule has 0 unspecified atom stereocenters. The predicted octanol–water partition coefficient (Wildman–Crippen LogP) is 5.00. The molecule has 0 aromatic rings. The van der Waals surface area contributed by atoms with Crippen molar-refractivity contribution >= 4 is 11.8 Å². The Balaban J connectivity index is 1.38. The van der Waals surface area contributed by atoms with Gasteiger partial charge in [-0.1, -0.05) is 23.3 Å². The zero-order chi connectivity index (χ0) is 19.6. The van der Waals surface area contributed by atoms with Gasteiger partial charge in [0.25, 0.3) is 0 Å². The van der Waals surface area contributed by atoms with Crippen molar-refractivity contribution in [3.63, 3.8) is 0 Å². The van der Waals surface area contributed by atoms with Crippen molar-refractivity contribution in [3.05, 3.63) is 23.3 Å². The third kappa shape index (κ3) is 6.79. The molecule has 0 aromatic carbocycles. The fourth-order valence-electron chi connectivity index (χ4n) is 4.69. The van der Waals surface area contributed by atoms with E-state index in [1.54, 1.807) is 0 Å². The number of amides is 2. The van der Waals surface area contributed by atoms with Crippen LogP contribution in [0.1, 0.15) is 89.9 Å². The zero-order valence-corrected chi connectivity index (χ0v) is 17.6. The van der Waals surface area contributed by atoms with Gasteiger partial charge in [-0.15, -0.1) is 0 Å². The maximum atomic E-state index is 12.4. The topological polar surface area (TPSA) is 40.6 Å². The number of hydrogen-bond acceptors (Lipinski definition) is 2. The maximum Gasteiger partial charge on any atom is 0.222 e. The van der Waals surface area contributed by atoms with E-state index in [2.05, 4.69) is 22.0 Å². The molecule has 2 saturated heterocycles. The van der Waals surface area contributed by atoms with Crippen molar-refractivity contribution in [2.24, 2.45) is 0 Å². The molecule has 0 radical (unpaired) electrons. The van der Waals surface area contributed by atoms with E-state index in [0.29, 0.717) is 24.7 Å². The predicted molar refractivity (Wildman–Crippen MR) is 114 cm³/mol. The van der Waals surface area contributed by atoms with E-state index in [1.165, 1.54) is 49.7 Å². The Morgan fingerprint density at radius 2 is 1.04 bits per heavy atom. The average Bonchev–Trinajstić information content (AvgIpc) is 2.73. The number of allylic oxidation sites excluding steroid dienone is 4. The van der Waals surface area contributed by atoms with Gasteiger partial charge in [0.1, 0.15) is 0 Å². The molecule has 3 aliphatic rings. The summed E-state index contributed by atoms with van der Waals surface area (Å²) in [6, 6.07) is 0. The van der Waals surface area contributed by atoms with Crippen LogP contribution in [0.3, 0.4) is 0 Å². The second-order valence-electron chi connectivity index (χ2n) is 8.68. The van der Waals surface area contributed by atoms with E-state index >= 15 is 0 Å². The standard InChI is InChI=1S/C24H38N2O2/c27-23(25-17-5-1-6-18-25)15-13-21-9-3-4-10-22(12-11-21)14-16-24(28)26-19-7-2-8-20-26/h9-10H,1-8,11-20H2/b21-9+,22-10+. The van der Waals surface area contributed by atoms with Crippen LogP contribution in [0.25, 0.3) is 0 Å². The van der Waals surface area contributed by atoms with Gasteiger partial charge in [0.05, 0.1) is 0 Å². The quantitative estimate of drug-likeness (QED) is 0.603. The van der Waals surface area contributed by atoms with Crippen molar-refractivity contribution in [1.29, 1.82) is 0 Å². The summed E-state index contributed by atoms with van der Waals surface area (Å²) in [6.45, 7) is 3.82. The van der Waals surface area contributed by atoms with Gasteiger partial charge in [-0.05, 0) is 77.0 Å². The molecule has 0 bridgehead atoms. The minimum absolute atomic E-state index is 0.338. The molecule has 156 valence electrons. The molecule has 2 fully saturated rings. The van der Waals surface area contributed by atoms with Crippen LogP contribution in [0.2, 0.25) is 0 Å². The van der Waals surface area contributed by atoms with Gasteiger partial charge in [0.2, 0.25) is 11.8 Å². The van der Waals surface area contributed by atoms with Crippen LogP contribution in [0.4, 0.5) is 0 Å². The number of hydrogen-bond donors (Lipinski definition) is 0. The molecular formula is C24H38N2O2. The van der Waals surface area contributed by atoms with Gasteiger partial charge in [0.15, 0.2) is 0 Å². The molecule has 2 amide bonds. The molecule has 0 atom stereocenters. The molecule has 0 spiro atoms. The van der Waals surface area contributed by atoms with Crippen molar-refractivity contribution in [2.75, 3.05) is 26.2 Å². The Bertz CT molecular complexity index is 529. The molecule has 4 heteroatoms. The normalized spacial score (nSPS) is 25.1. The number of likely N-dealkylation sites (tertiary alicyclic amines) is 2. The lowest BCUT2D eigenvalue weighted by atomic mass is 9.93. The third-order valence-corrected chi connectivity index (χ3v) is 6.54. The molecule has 3 rings (SSSR count). The average molecular weight is 387 g/mol. The monoisotopic (exact) mass is 386 g/mol. The van der Waals surface area contributed by atoms with Crippen LogP contribution < -0.4 is 0 Å². The number of carbonyl (C=O) groups excluding carboxylic acids is 2. The van der Waals surface area contributed by atoms with E-state index in [9.17, 15) is 9.59 Å². The SMILES string of the molecule is O=C(CC/C1=C/CC/C=C(/CCC(=O)N2CCCCC2)CC1)N1CCCCC1.